The van der Waals surface area contributed by atoms with Crippen molar-refractivity contribution in [2.75, 3.05) is 54.4 Å². The van der Waals surface area contributed by atoms with Crippen LogP contribution in [0.25, 0.3) is 0 Å². The lowest BCUT2D eigenvalue weighted by Crippen LogP contribution is -2.49. The zero-order valence-corrected chi connectivity index (χ0v) is 24.9. The minimum absolute atomic E-state index is 0.635. The van der Waals surface area contributed by atoms with Gasteiger partial charge in [0, 0.05) is 54.4 Å². The highest BCUT2D eigenvalue weighted by Gasteiger charge is 2.44. The van der Waals surface area contributed by atoms with Gasteiger partial charge >= 0.3 is 18.1 Å². The van der Waals surface area contributed by atoms with Crippen molar-refractivity contribution in [2.45, 2.75) is 98.8 Å². The van der Waals surface area contributed by atoms with E-state index in [9.17, 15) is 0 Å². The van der Waals surface area contributed by atoms with Gasteiger partial charge in [-0.15, -0.1) is 0 Å². The van der Waals surface area contributed by atoms with Gasteiger partial charge in [0.2, 0.25) is 0 Å². The molecule has 0 aromatic rings. The summed E-state index contributed by atoms with van der Waals surface area (Å²) in [5, 5.41) is 0. The molecule has 0 N–H and O–H groups in total. The van der Waals surface area contributed by atoms with Crippen molar-refractivity contribution in [1.29, 1.82) is 0 Å². The van der Waals surface area contributed by atoms with E-state index in [0.29, 0.717) is 33.0 Å². The van der Waals surface area contributed by atoms with E-state index in [1.807, 2.05) is 0 Å². The first-order valence-electron chi connectivity index (χ1n) is 12.8. The molecule has 0 fully saturated rings. The Labute approximate surface area is 206 Å². The Morgan fingerprint density at radius 2 is 0.576 bits per heavy atom. The van der Waals surface area contributed by atoms with Crippen LogP contribution in [0.15, 0.2) is 0 Å². The van der Waals surface area contributed by atoms with Gasteiger partial charge in [0.15, 0.2) is 0 Å². The molecule has 10 heteroatoms. The van der Waals surface area contributed by atoms with Crippen LogP contribution in [0.4, 0.5) is 0 Å². The van der Waals surface area contributed by atoms with Crippen molar-refractivity contribution in [2.24, 2.45) is 0 Å². The Hall–Kier alpha value is 0.114. The maximum absolute atomic E-state index is 5.78. The third-order valence-electron chi connectivity index (χ3n) is 4.63. The van der Waals surface area contributed by atoms with E-state index in [1.165, 1.54) is 0 Å². The van der Waals surface area contributed by atoms with Gasteiger partial charge in [-0.2, -0.15) is 0 Å². The Morgan fingerprint density at radius 1 is 0.364 bits per heavy atom. The van der Waals surface area contributed by atoms with E-state index in [0.717, 1.165) is 64.2 Å². The molecule has 0 unspecified atom stereocenters. The molecule has 0 aliphatic rings. The molecular weight excluding hydrogens is 460 g/mol. The topological polar surface area (TPSA) is 73.8 Å². The molecule has 33 heavy (non-hydrogen) atoms. The van der Waals surface area contributed by atoms with Crippen LogP contribution < -0.4 is 0 Å². The van der Waals surface area contributed by atoms with Gasteiger partial charge < -0.3 is 35.4 Å². The lowest BCUT2D eigenvalue weighted by Gasteiger charge is -2.26. The fraction of sp³-hybridized carbons (Fsp3) is 1.00. The van der Waals surface area contributed by atoms with Crippen molar-refractivity contribution < 1.29 is 35.4 Å². The lowest BCUT2D eigenvalue weighted by molar-refractivity contribution is -0.0240. The summed E-state index contributed by atoms with van der Waals surface area (Å²) in [5.41, 5.74) is 0. The zero-order valence-electron chi connectivity index (χ0n) is 22.9. The number of rotatable bonds is 23. The third-order valence-corrected chi connectivity index (χ3v) is 8.92. The van der Waals surface area contributed by atoms with Crippen LogP contribution in [0.3, 0.4) is 0 Å². The lowest BCUT2D eigenvalue weighted by atomic mass is 10.4. The van der Waals surface area contributed by atoms with Crippen molar-refractivity contribution in [3.05, 3.63) is 0 Å². The Kier molecular flexibility index (Phi) is 27.0. The molecule has 0 saturated heterocycles. The first-order chi connectivity index (χ1) is 16.0. The maximum Gasteiger partial charge on any atom is 0.679 e. The van der Waals surface area contributed by atoms with Crippen molar-refractivity contribution in [3.63, 3.8) is 0 Å². The highest BCUT2D eigenvalue weighted by atomic mass is 28.4. The summed E-state index contributed by atoms with van der Waals surface area (Å²) in [6, 6.07) is 0. The molecule has 202 valence electrons. The van der Waals surface area contributed by atoms with Crippen LogP contribution in [0.2, 0.25) is 0 Å². The molecule has 8 nitrogen and oxygen atoms in total. The van der Waals surface area contributed by atoms with Crippen LogP contribution in [0.5, 0.6) is 0 Å². The summed E-state index contributed by atoms with van der Waals surface area (Å²) >= 11 is 0. The fourth-order valence-electron chi connectivity index (χ4n) is 2.37. The number of hydrogen-bond donors (Lipinski definition) is 0. The van der Waals surface area contributed by atoms with Gasteiger partial charge in [-0.25, -0.2) is 0 Å². The van der Waals surface area contributed by atoms with Crippen LogP contribution in [-0.2, 0) is 35.4 Å². The highest BCUT2D eigenvalue weighted by molar-refractivity contribution is 6.53. The summed E-state index contributed by atoms with van der Waals surface area (Å²) in [5.74, 6) is 0. The number of hydrogen-bond acceptors (Lipinski definition) is 8. The summed E-state index contributed by atoms with van der Waals surface area (Å²) in [6.07, 6.45) is 10.5. The Balaban J connectivity index is 0. The van der Waals surface area contributed by atoms with E-state index >= 15 is 0 Å². The van der Waals surface area contributed by atoms with Gasteiger partial charge in [0.25, 0.3) is 0 Å². The second-order valence-electron chi connectivity index (χ2n) is 7.62. The van der Waals surface area contributed by atoms with Gasteiger partial charge in [-0.3, -0.25) is 0 Å². The predicted octanol–water partition coefficient (Wildman–Crippen LogP) is 5.87. The standard InChI is InChI=1S/C13H30O4Si.C10H24O4Si/c1-5-8-11-15-18(14-4,16-12-9-6-2)17-13-10-7-3;1-5-7-9-13-15(11-3,12-4)14-10-8-6-2/h5-13H2,1-4H3;5-10H2,1-4H3. The van der Waals surface area contributed by atoms with E-state index < -0.39 is 18.1 Å². The zero-order chi connectivity index (χ0) is 25.3. The van der Waals surface area contributed by atoms with E-state index in [2.05, 4.69) is 34.6 Å². The number of unbranched alkanes of at least 4 members (excludes halogenated alkanes) is 5. The minimum Gasteiger partial charge on any atom is -0.355 e. The highest BCUT2D eigenvalue weighted by Crippen LogP contribution is 2.14. The largest absolute Gasteiger partial charge is 0.679 e. The first-order valence-corrected chi connectivity index (χ1v) is 16.1. The monoisotopic (exact) mass is 514 g/mol. The molecule has 0 rings (SSSR count). The Morgan fingerprint density at radius 3 is 0.758 bits per heavy atom. The molecule has 0 aromatic carbocycles. The molecule has 0 amide bonds. The van der Waals surface area contributed by atoms with Gasteiger partial charge in [0.05, 0.1) is 0 Å². The van der Waals surface area contributed by atoms with E-state index in [-0.39, 0.29) is 0 Å². The normalized spacial score (nSPS) is 12.0. The molecule has 0 heterocycles. The van der Waals surface area contributed by atoms with Crippen molar-refractivity contribution >= 4 is 18.1 Å². The smallest absolute Gasteiger partial charge is 0.355 e. The first kappa shape index (κ1) is 35.3. The quantitative estimate of drug-likeness (QED) is 0.124. The molecule has 0 spiro atoms. The Bertz CT molecular complexity index is 349. The summed E-state index contributed by atoms with van der Waals surface area (Å²) in [4.78, 5) is 0. The summed E-state index contributed by atoms with van der Waals surface area (Å²) in [6.45, 7) is 13.8. The fourth-order valence-corrected chi connectivity index (χ4v) is 5.67. The molecular formula is C23H54O8Si2. The maximum atomic E-state index is 5.78. The molecule has 0 bridgehead atoms. The molecule has 0 aliphatic carbocycles. The van der Waals surface area contributed by atoms with Gasteiger partial charge in [-0.05, 0) is 32.1 Å². The predicted molar refractivity (Wildman–Crippen MR) is 137 cm³/mol. The third kappa shape index (κ3) is 19.0. The van der Waals surface area contributed by atoms with Crippen LogP contribution in [0.1, 0.15) is 98.8 Å². The second-order valence-corrected chi connectivity index (χ2v) is 12.3. The molecule has 0 radical (unpaired) electrons. The minimum atomic E-state index is -2.88. The average Bonchev–Trinajstić information content (AvgIpc) is 2.84. The SMILES string of the molecule is CCCCO[Si](OC)(OC)OCCCC.CCCCO[Si](OC)(OCCCC)OCCCC. The van der Waals surface area contributed by atoms with Crippen LogP contribution >= 0.6 is 0 Å². The molecule has 0 saturated carbocycles. The molecule has 0 aliphatic heterocycles. The van der Waals surface area contributed by atoms with Crippen molar-refractivity contribution in [1.82, 2.24) is 0 Å². The summed E-state index contributed by atoms with van der Waals surface area (Å²) in [7, 11) is -0.924. The van der Waals surface area contributed by atoms with Crippen molar-refractivity contribution in [3.8, 4) is 0 Å². The van der Waals surface area contributed by atoms with Gasteiger partial charge in [0.1, 0.15) is 0 Å². The van der Waals surface area contributed by atoms with E-state index in [1.54, 1.807) is 21.3 Å². The van der Waals surface area contributed by atoms with E-state index in [4.69, 9.17) is 35.4 Å². The summed E-state index contributed by atoms with van der Waals surface area (Å²) < 4.78 is 44.5. The molecule has 0 atom stereocenters. The van der Waals surface area contributed by atoms with Crippen LogP contribution in [0, 0.1) is 0 Å². The molecule has 0 aromatic heterocycles. The van der Waals surface area contributed by atoms with Gasteiger partial charge in [-0.1, -0.05) is 66.7 Å². The second kappa shape index (κ2) is 25.2. The average molecular weight is 515 g/mol. The van der Waals surface area contributed by atoms with Crippen LogP contribution in [-0.4, -0.2) is 72.5 Å².